The van der Waals surface area contributed by atoms with Crippen molar-refractivity contribution in [1.29, 1.82) is 0 Å². The summed E-state index contributed by atoms with van der Waals surface area (Å²) in [6, 6.07) is -0.870. The Bertz CT molecular complexity index is 1620. The van der Waals surface area contributed by atoms with Crippen LogP contribution in [0.3, 0.4) is 0 Å². The number of phosphoric ester groups is 1. The van der Waals surface area contributed by atoms with Crippen molar-refractivity contribution >= 4 is 19.7 Å². The Morgan fingerprint density at radius 2 is 0.945 bits per heavy atom. The maximum Gasteiger partial charge on any atom is 0.472 e. The molecule has 0 heterocycles. The van der Waals surface area contributed by atoms with E-state index in [-0.39, 0.29) is 31.5 Å². The maximum absolute atomic E-state index is 13.5. The SMILES string of the molecule is CC/C=C\C/C=C\C/C=C\C/C=C\C/C=C\CCCCCCCC(=O)NC(COP(=O)(O)OCC[N+](C)(C)C)C(/C=C\CCCCCCCCCCC)OC(=O)CCCCCCCCC/C=C/C=C/C=C/CC. The number of unbranched alkanes of at least 4 members (excludes halogenated alkanes) is 21. The molecule has 0 aliphatic heterocycles. The lowest BCUT2D eigenvalue weighted by molar-refractivity contribution is -0.870. The molecule has 9 nitrogen and oxygen atoms in total. The van der Waals surface area contributed by atoms with Gasteiger partial charge >= 0.3 is 13.8 Å². The van der Waals surface area contributed by atoms with E-state index in [0.29, 0.717) is 17.4 Å². The first kappa shape index (κ1) is 69.7. The number of allylic oxidation sites excluding steroid dienone is 17. The normalized spacial score (nSPS) is 14.6. The Labute approximate surface area is 449 Å². The summed E-state index contributed by atoms with van der Waals surface area (Å²) in [5.41, 5.74) is 0. The highest BCUT2D eigenvalue weighted by Gasteiger charge is 2.30. The molecule has 0 aliphatic carbocycles. The van der Waals surface area contributed by atoms with Gasteiger partial charge in [0.25, 0.3) is 0 Å². The molecule has 0 bridgehead atoms. The third kappa shape index (κ3) is 53.3. The van der Waals surface area contributed by atoms with Crippen LogP contribution in [0, 0.1) is 0 Å². The molecule has 10 heteroatoms. The van der Waals surface area contributed by atoms with Gasteiger partial charge in [0.1, 0.15) is 19.3 Å². The van der Waals surface area contributed by atoms with Gasteiger partial charge in [-0.25, -0.2) is 4.57 Å². The predicted molar refractivity (Wildman–Crippen MR) is 313 cm³/mol. The van der Waals surface area contributed by atoms with E-state index < -0.39 is 20.0 Å². The number of hydrogen-bond donors (Lipinski definition) is 2. The fourth-order valence-electron chi connectivity index (χ4n) is 7.79. The second-order valence-corrected chi connectivity index (χ2v) is 21.9. The average molecular weight is 1040 g/mol. The molecule has 0 radical (unpaired) electrons. The van der Waals surface area contributed by atoms with E-state index in [0.717, 1.165) is 128 Å². The molecule has 73 heavy (non-hydrogen) atoms. The highest BCUT2D eigenvalue weighted by molar-refractivity contribution is 7.47. The van der Waals surface area contributed by atoms with Crippen molar-refractivity contribution in [1.82, 2.24) is 5.32 Å². The fourth-order valence-corrected chi connectivity index (χ4v) is 8.52. The second-order valence-electron chi connectivity index (χ2n) is 20.5. The highest BCUT2D eigenvalue weighted by Crippen LogP contribution is 2.43. The summed E-state index contributed by atoms with van der Waals surface area (Å²) in [7, 11) is 1.46. The van der Waals surface area contributed by atoms with Gasteiger partial charge in [-0.05, 0) is 96.0 Å². The van der Waals surface area contributed by atoms with Crippen LogP contribution in [0.2, 0.25) is 0 Å². The summed E-state index contributed by atoms with van der Waals surface area (Å²) < 4.78 is 30.6. The number of ether oxygens (including phenoxy) is 1. The molecule has 0 aromatic rings. The summed E-state index contributed by atoms with van der Waals surface area (Å²) in [6.45, 7) is 6.72. The lowest BCUT2D eigenvalue weighted by Gasteiger charge is -2.27. The number of nitrogens with one attached hydrogen (secondary N) is 1. The van der Waals surface area contributed by atoms with E-state index in [9.17, 15) is 19.0 Å². The fraction of sp³-hybridized carbons (Fsp3) is 0.683. The Kier molecular flexibility index (Phi) is 49.7. The van der Waals surface area contributed by atoms with Crippen LogP contribution in [0.5, 0.6) is 0 Å². The standard InChI is InChI=1S/C63H109N2O7P/c1-7-10-13-16-19-22-25-27-29-30-31-32-33-34-36-37-40-43-46-49-52-55-62(66)64-60(59-71-73(68,69)70-58-57-65(4,5)6)61(54-51-48-45-42-39-24-21-18-15-12-9-3)72-63(67)56-53-50-47-44-41-38-35-28-26-23-20-17-14-11-8-2/h10-11,13-14,17,19-20,22-23,26-27,29,31-32,34,36,51,54,60-61H,7-9,12,15-16,18,21,24-25,28,30,33,35,37-50,52-53,55-59H2,1-6H3,(H-,64,66,68,69)/p+1/b13-10-,14-11+,20-17+,22-19-,26-23+,29-27-,32-31-,36-34-,54-51-. The number of carbonyl (C=O) groups is 2. The summed E-state index contributed by atoms with van der Waals surface area (Å²) in [5.74, 6) is -0.550. The third-order valence-corrected chi connectivity index (χ3v) is 13.3. The minimum Gasteiger partial charge on any atom is -0.456 e. The highest BCUT2D eigenvalue weighted by atomic mass is 31.2. The molecule has 3 atom stereocenters. The van der Waals surface area contributed by atoms with Gasteiger partial charge in [-0.3, -0.25) is 18.6 Å². The van der Waals surface area contributed by atoms with Crippen LogP contribution in [0.15, 0.2) is 109 Å². The molecule has 3 unspecified atom stereocenters. The van der Waals surface area contributed by atoms with Gasteiger partial charge in [0.2, 0.25) is 5.91 Å². The van der Waals surface area contributed by atoms with Gasteiger partial charge in [-0.15, -0.1) is 0 Å². The van der Waals surface area contributed by atoms with Crippen molar-refractivity contribution in [3.05, 3.63) is 109 Å². The number of amides is 1. The zero-order valence-electron chi connectivity index (χ0n) is 47.6. The van der Waals surface area contributed by atoms with Gasteiger partial charge < -0.3 is 19.4 Å². The van der Waals surface area contributed by atoms with E-state index >= 15 is 0 Å². The van der Waals surface area contributed by atoms with Crippen molar-refractivity contribution in [3.63, 3.8) is 0 Å². The summed E-state index contributed by atoms with van der Waals surface area (Å²) >= 11 is 0. The lowest BCUT2D eigenvalue weighted by atomic mass is 10.1. The first-order valence-electron chi connectivity index (χ1n) is 29.2. The molecular weight excluding hydrogens is 928 g/mol. The van der Waals surface area contributed by atoms with Crippen molar-refractivity contribution in [2.24, 2.45) is 0 Å². The quantitative estimate of drug-likeness (QED) is 0.0156. The Balaban J connectivity index is 5.32. The van der Waals surface area contributed by atoms with Gasteiger partial charge in [0.15, 0.2) is 0 Å². The van der Waals surface area contributed by atoms with Crippen LogP contribution in [-0.2, 0) is 27.9 Å². The molecular formula is C63H110N2O7P+. The van der Waals surface area contributed by atoms with Crippen LogP contribution in [-0.4, -0.2) is 74.3 Å². The first-order chi connectivity index (χ1) is 35.4. The first-order valence-corrected chi connectivity index (χ1v) is 30.7. The molecule has 0 saturated carbocycles. The van der Waals surface area contributed by atoms with Gasteiger partial charge in [-0.1, -0.05) is 227 Å². The van der Waals surface area contributed by atoms with Crippen molar-refractivity contribution < 1.29 is 37.3 Å². The summed E-state index contributed by atoms with van der Waals surface area (Å²) in [6.07, 6.45) is 70.8. The minimum absolute atomic E-state index is 0.0280. The molecule has 0 rings (SSSR count). The number of nitrogens with zero attached hydrogens (tertiary/aromatic N) is 1. The topological polar surface area (TPSA) is 111 Å². The summed E-state index contributed by atoms with van der Waals surface area (Å²) in [5, 5.41) is 3.03. The van der Waals surface area contributed by atoms with Crippen LogP contribution < -0.4 is 5.32 Å². The molecule has 0 aliphatic rings. The number of esters is 1. The maximum atomic E-state index is 13.5. The monoisotopic (exact) mass is 1040 g/mol. The van der Waals surface area contributed by atoms with Crippen LogP contribution >= 0.6 is 7.82 Å². The van der Waals surface area contributed by atoms with Gasteiger partial charge in [0.05, 0.1) is 33.8 Å². The third-order valence-electron chi connectivity index (χ3n) is 12.3. The Hall–Kier alpha value is -3.33. The van der Waals surface area contributed by atoms with E-state index in [1.54, 1.807) is 0 Å². The van der Waals surface area contributed by atoms with Crippen molar-refractivity contribution in [3.8, 4) is 0 Å². The smallest absolute Gasteiger partial charge is 0.456 e. The van der Waals surface area contributed by atoms with E-state index in [4.69, 9.17) is 13.8 Å². The summed E-state index contributed by atoms with van der Waals surface area (Å²) in [4.78, 5) is 37.6. The van der Waals surface area contributed by atoms with Crippen LogP contribution in [0.1, 0.15) is 226 Å². The zero-order chi connectivity index (χ0) is 53.6. The molecule has 418 valence electrons. The predicted octanol–water partition coefficient (Wildman–Crippen LogP) is 17.8. The van der Waals surface area contributed by atoms with Crippen molar-refractivity contribution in [2.75, 3.05) is 40.9 Å². The number of rotatable bonds is 51. The largest absolute Gasteiger partial charge is 0.472 e. The number of likely N-dealkylation sites (N-methyl/N-ethyl adjacent to an activating group) is 1. The number of phosphoric acid groups is 1. The van der Waals surface area contributed by atoms with Gasteiger partial charge in [-0.2, -0.15) is 0 Å². The number of carbonyl (C=O) groups excluding carboxylic acids is 2. The van der Waals surface area contributed by atoms with E-state index in [1.807, 2.05) is 33.3 Å². The number of quaternary nitrogens is 1. The molecule has 0 spiro atoms. The zero-order valence-corrected chi connectivity index (χ0v) is 48.5. The molecule has 0 aromatic carbocycles. The van der Waals surface area contributed by atoms with Crippen LogP contribution in [0.4, 0.5) is 0 Å². The lowest BCUT2D eigenvalue weighted by Crippen LogP contribution is -2.47. The van der Waals surface area contributed by atoms with E-state index in [2.05, 4.69) is 123 Å². The van der Waals surface area contributed by atoms with Gasteiger partial charge in [0, 0.05) is 12.8 Å². The molecule has 2 N–H and O–H groups in total. The Morgan fingerprint density at radius 1 is 0.507 bits per heavy atom. The average Bonchev–Trinajstić information content (AvgIpc) is 3.35. The second kappa shape index (κ2) is 52.1. The number of hydrogen-bond acceptors (Lipinski definition) is 6. The van der Waals surface area contributed by atoms with Crippen molar-refractivity contribution in [2.45, 2.75) is 238 Å². The van der Waals surface area contributed by atoms with Crippen LogP contribution in [0.25, 0.3) is 0 Å². The minimum atomic E-state index is -4.46. The molecule has 1 amide bonds. The molecule has 0 saturated heterocycles. The van der Waals surface area contributed by atoms with E-state index in [1.165, 1.54) is 64.2 Å². The molecule has 0 fully saturated rings. The Morgan fingerprint density at radius 3 is 1.47 bits per heavy atom. The molecule has 0 aromatic heterocycles.